The van der Waals surface area contributed by atoms with E-state index >= 15 is 0 Å². The number of hydrogen-bond donors (Lipinski definition) is 2. The van der Waals surface area contributed by atoms with Crippen LogP contribution in [0.2, 0.25) is 10.0 Å². The van der Waals surface area contributed by atoms with Crippen molar-refractivity contribution in [1.82, 2.24) is 4.90 Å². The van der Waals surface area contributed by atoms with Crippen LogP contribution >= 0.6 is 23.2 Å². The lowest BCUT2D eigenvalue weighted by atomic mass is 10.1. The van der Waals surface area contributed by atoms with E-state index in [4.69, 9.17) is 27.9 Å². The summed E-state index contributed by atoms with van der Waals surface area (Å²) in [6.07, 6.45) is 0.480. The number of anilines is 1. The van der Waals surface area contributed by atoms with E-state index in [1.165, 1.54) is 12.1 Å². The number of hydrogen-bond acceptors (Lipinski definition) is 5. The van der Waals surface area contributed by atoms with E-state index in [2.05, 4.69) is 4.72 Å². The molecule has 0 amide bonds. The Morgan fingerprint density at radius 2 is 1.70 bits per heavy atom. The summed E-state index contributed by atoms with van der Waals surface area (Å²) in [5, 5.41) is 11.4. The molecule has 3 rings (SSSR count). The van der Waals surface area contributed by atoms with Crippen molar-refractivity contribution in [1.29, 1.82) is 0 Å². The van der Waals surface area contributed by atoms with E-state index in [-0.39, 0.29) is 25.3 Å². The number of rotatable bonds is 12. The predicted octanol–water partition coefficient (Wildman–Crippen LogP) is 5.27. The average Bonchev–Trinajstić information content (AvgIpc) is 2.83. The molecule has 0 aromatic heterocycles. The molecular formula is C25H25Cl2F3N2O4S. The van der Waals surface area contributed by atoms with Gasteiger partial charge in [0, 0.05) is 30.9 Å². The third-order valence-corrected chi connectivity index (χ3v) is 6.62. The third kappa shape index (κ3) is 9.08. The van der Waals surface area contributed by atoms with Gasteiger partial charge >= 0.3 is 0 Å². The van der Waals surface area contributed by atoms with Crippen molar-refractivity contribution in [2.24, 2.45) is 0 Å². The average molecular weight is 577 g/mol. The molecule has 0 aliphatic rings. The molecule has 0 bridgehead atoms. The Balaban J connectivity index is 1.66. The van der Waals surface area contributed by atoms with Crippen molar-refractivity contribution in [2.75, 3.05) is 30.7 Å². The second kappa shape index (κ2) is 12.8. The van der Waals surface area contributed by atoms with E-state index in [1.54, 1.807) is 35.2 Å². The van der Waals surface area contributed by atoms with Crippen LogP contribution < -0.4 is 9.46 Å². The Morgan fingerprint density at radius 3 is 2.35 bits per heavy atom. The molecule has 1 atom stereocenters. The Morgan fingerprint density at radius 1 is 1.00 bits per heavy atom. The summed E-state index contributed by atoms with van der Waals surface area (Å²) in [5.41, 5.74) is 1.14. The summed E-state index contributed by atoms with van der Waals surface area (Å²) < 4.78 is 72.0. The molecule has 37 heavy (non-hydrogen) atoms. The van der Waals surface area contributed by atoms with E-state index < -0.39 is 33.6 Å². The lowest BCUT2D eigenvalue weighted by molar-refractivity contribution is 0.0655. The first kappa shape index (κ1) is 29.1. The van der Waals surface area contributed by atoms with Crippen LogP contribution in [0.5, 0.6) is 5.75 Å². The summed E-state index contributed by atoms with van der Waals surface area (Å²) in [7, 11) is -3.41. The van der Waals surface area contributed by atoms with Crippen LogP contribution in [0.3, 0.4) is 0 Å². The smallest absolute Gasteiger partial charge is 0.229 e. The van der Waals surface area contributed by atoms with Crippen molar-refractivity contribution < 1.29 is 31.4 Å². The maximum Gasteiger partial charge on any atom is 0.229 e. The maximum atomic E-state index is 14.3. The summed E-state index contributed by atoms with van der Waals surface area (Å²) in [4.78, 5) is 1.69. The highest BCUT2D eigenvalue weighted by atomic mass is 35.5. The molecule has 6 nitrogen and oxygen atoms in total. The lowest BCUT2D eigenvalue weighted by Gasteiger charge is -2.26. The molecule has 12 heteroatoms. The molecular weight excluding hydrogens is 552 g/mol. The highest BCUT2D eigenvalue weighted by Crippen LogP contribution is 2.23. The van der Waals surface area contributed by atoms with Crippen LogP contribution in [0.15, 0.2) is 54.6 Å². The van der Waals surface area contributed by atoms with Gasteiger partial charge in [0.15, 0.2) is 17.5 Å². The molecule has 0 aliphatic heterocycles. The number of sulfonamides is 1. The zero-order valence-corrected chi connectivity index (χ0v) is 22.1. The summed E-state index contributed by atoms with van der Waals surface area (Å²) in [5.74, 6) is -3.73. The molecule has 0 fully saturated rings. The number of benzene rings is 3. The SMILES string of the molecule is CS(=O)(=O)Nc1ccc(OC[C@@H](O)CN(CCc2ccc(Cl)c(Cl)c2)Cc2ccc(F)c(F)c2F)cc1. The maximum absolute atomic E-state index is 14.3. The number of ether oxygens (including phenoxy) is 1. The van der Waals surface area contributed by atoms with Crippen LogP contribution in [0.4, 0.5) is 18.9 Å². The summed E-state index contributed by atoms with van der Waals surface area (Å²) >= 11 is 12.0. The first-order valence-corrected chi connectivity index (χ1v) is 13.7. The van der Waals surface area contributed by atoms with Crippen molar-refractivity contribution in [3.63, 3.8) is 0 Å². The fourth-order valence-electron chi connectivity index (χ4n) is 3.52. The molecule has 0 radical (unpaired) electrons. The largest absolute Gasteiger partial charge is 0.491 e. The van der Waals surface area contributed by atoms with Crippen LogP contribution in [0, 0.1) is 17.5 Å². The van der Waals surface area contributed by atoms with E-state index in [9.17, 15) is 26.7 Å². The van der Waals surface area contributed by atoms with Gasteiger partial charge in [0.1, 0.15) is 18.5 Å². The molecule has 0 saturated heterocycles. The van der Waals surface area contributed by atoms with Gasteiger partial charge in [-0.05, 0) is 54.4 Å². The van der Waals surface area contributed by atoms with Gasteiger partial charge < -0.3 is 9.84 Å². The minimum Gasteiger partial charge on any atom is -0.491 e. The standard InChI is InChI=1S/C25H25Cl2F3N2O4S/c1-37(34,35)31-18-4-6-20(7-5-18)36-15-19(33)14-32(11-10-16-2-8-21(26)22(27)12-16)13-17-3-9-23(28)25(30)24(17)29/h2-9,12,19,31,33H,10-11,13-15H2,1H3/t19-/m0/s1. The first-order valence-electron chi connectivity index (χ1n) is 11.1. The van der Waals surface area contributed by atoms with Gasteiger partial charge in [-0.2, -0.15) is 0 Å². The van der Waals surface area contributed by atoms with Crippen LogP contribution in [-0.2, 0) is 23.0 Å². The molecule has 0 saturated carbocycles. The molecule has 0 spiro atoms. The molecule has 3 aromatic rings. The van der Waals surface area contributed by atoms with Gasteiger partial charge in [-0.1, -0.05) is 35.3 Å². The van der Waals surface area contributed by atoms with E-state index in [0.717, 1.165) is 24.0 Å². The Labute approximate surface area is 223 Å². The van der Waals surface area contributed by atoms with Gasteiger partial charge in [0.05, 0.1) is 16.3 Å². The predicted molar refractivity (Wildman–Crippen MR) is 138 cm³/mol. The zero-order valence-electron chi connectivity index (χ0n) is 19.7. The van der Waals surface area contributed by atoms with E-state index in [0.29, 0.717) is 34.4 Å². The minimum atomic E-state index is -3.41. The number of nitrogens with one attached hydrogen (secondary N) is 1. The normalized spacial score (nSPS) is 12.5. The van der Waals surface area contributed by atoms with Crippen molar-refractivity contribution >= 4 is 38.9 Å². The Kier molecular flexibility index (Phi) is 10.1. The molecule has 200 valence electrons. The second-order valence-corrected chi connectivity index (χ2v) is 11.0. The van der Waals surface area contributed by atoms with Crippen molar-refractivity contribution in [3.8, 4) is 5.75 Å². The highest BCUT2D eigenvalue weighted by Gasteiger charge is 2.19. The monoisotopic (exact) mass is 576 g/mol. The van der Waals surface area contributed by atoms with Gasteiger partial charge in [-0.25, -0.2) is 21.6 Å². The molecule has 0 unspecified atom stereocenters. The molecule has 0 heterocycles. The van der Waals surface area contributed by atoms with E-state index in [1.807, 2.05) is 0 Å². The van der Waals surface area contributed by atoms with Gasteiger partial charge in [-0.15, -0.1) is 0 Å². The fourth-order valence-corrected chi connectivity index (χ4v) is 4.41. The third-order valence-electron chi connectivity index (χ3n) is 5.28. The zero-order chi connectivity index (χ0) is 27.2. The van der Waals surface area contributed by atoms with Crippen LogP contribution in [0.1, 0.15) is 11.1 Å². The van der Waals surface area contributed by atoms with Gasteiger partial charge in [0.25, 0.3) is 0 Å². The van der Waals surface area contributed by atoms with Crippen molar-refractivity contribution in [2.45, 2.75) is 19.1 Å². The van der Waals surface area contributed by atoms with Gasteiger partial charge in [0.2, 0.25) is 10.0 Å². The number of aliphatic hydroxyl groups is 1. The van der Waals surface area contributed by atoms with Crippen LogP contribution in [-0.4, -0.2) is 50.5 Å². The molecule has 3 aromatic carbocycles. The number of halogens is 5. The first-order chi connectivity index (χ1) is 17.4. The van der Waals surface area contributed by atoms with Crippen LogP contribution in [0.25, 0.3) is 0 Å². The molecule has 2 N–H and O–H groups in total. The quantitative estimate of drug-likeness (QED) is 0.287. The van der Waals surface area contributed by atoms with Crippen molar-refractivity contribution in [3.05, 3.63) is 93.2 Å². The Hall–Kier alpha value is -2.50. The highest BCUT2D eigenvalue weighted by molar-refractivity contribution is 7.92. The second-order valence-electron chi connectivity index (χ2n) is 8.43. The Bertz CT molecular complexity index is 1330. The lowest BCUT2D eigenvalue weighted by Crippen LogP contribution is -2.36. The topological polar surface area (TPSA) is 78.9 Å². The minimum absolute atomic E-state index is 0.0352. The van der Waals surface area contributed by atoms with Gasteiger partial charge in [-0.3, -0.25) is 9.62 Å². The summed E-state index contributed by atoms with van der Waals surface area (Å²) in [6, 6.07) is 13.3. The summed E-state index contributed by atoms with van der Waals surface area (Å²) in [6.45, 7) is 0.155. The number of nitrogens with zero attached hydrogens (tertiary/aromatic N) is 1. The number of aliphatic hydroxyl groups excluding tert-OH is 1. The molecule has 0 aliphatic carbocycles. The fraction of sp³-hybridized carbons (Fsp3) is 0.280.